The first-order chi connectivity index (χ1) is 7.63. The number of aryl methyl sites for hydroxylation is 1. The number of imidazole rings is 1. The molecule has 1 unspecified atom stereocenters. The van der Waals surface area contributed by atoms with Gasteiger partial charge in [-0.25, -0.2) is 9.78 Å². The van der Waals surface area contributed by atoms with Crippen molar-refractivity contribution in [2.24, 2.45) is 12.0 Å². The van der Waals surface area contributed by atoms with E-state index in [4.69, 9.17) is 0 Å². The minimum atomic E-state index is -0.629. The fourth-order valence-corrected chi connectivity index (χ4v) is 1.70. The molecule has 1 atom stereocenters. The van der Waals surface area contributed by atoms with Crippen molar-refractivity contribution in [3.8, 4) is 0 Å². The molecule has 0 bridgehead atoms. The van der Waals surface area contributed by atoms with Crippen molar-refractivity contribution in [2.75, 3.05) is 0 Å². The number of fused-ring (bicyclic) bond motifs is 1. The average Bonchev–Trinajstić information content (AvgIpc) is 2.56. The standard InChI is InChI=1S/C11H11N3O2/c1-7(16)11-13-9-5-8(12-6-15)3-4-10(9)14(11)2/h3-5,7,16H,1-2H3. The number of rotatable bonds is 2. The lowest BCUT2D eigenvalue weighted by Crippen LogP contribution is -2.01. The van der Waals surface area contributed by atoms with E-state index in [-0.39, 0.29) is 0 Å². The summed E-state index contributed by atoms with van der Waals surface area (Å²) < 4.78 is 1.81. The normalized spacial score (nSPS) is 12.4. The summed E-state index contributed by atoms with van der Waals surface area (Å²) in [6.45, 7) is 1.66. The lowest BCUT2D eigenvalue weighted by atomic mass is 10.3. The zero-order valence-corrected chi connectivity index (χ0v) is 9.01. The third kappa shape index (κ3) is 1.62. The van der Waals surface area contributed by atoms with Gasteiger partial charge in [0.1, 0.15) is 11.9 Å². The first kappa shape index (κ1) is 10.5. The Bertz CT molecular complexity index is 580. The van der Waals surface area contributed by atoms with Crippen LogP contribution in [0.2, 0.25) is 0 Å². The molecule has 0 saturated heterocycles. The van der Waals surface area contributed by atoms with E-state index in [1.54, 1.807) is 19.1 Å². The Kier molecular flexibility index (Phi) is 2.56. The summed E-state index contributed by atoms with van der Waals surface area (Å²) in [7, 11) is 1.83. The van der Waals surface area contributed by atoms with E-state index in [1.165, 1.54) is 6.08 Å². The van der Waals surface area contributed by atoms with Crippen molar-refractivity contribution in [3.63, 3.8) is 0 Å². The van der Waals surface area contributed by atoms with Crippen molar-refractivity contribution in [3.05, 3.63) is 24.0 Å². The molecule has 1 aromatic heterocycles. The summed E-state index contributed by atoms with van der Waals surface area (Å²) in [6, 6.07) is 5.21. The van der Waals surface area contributed by atoms with Crippen LogP contribution in [0.1, 0.15) is 18.9 Å². The van der Waals surface area contributed by atoms with Crippen LogP contribution in [0.25, 0.3) is 11.0 Å². The lowest BCUT2D eigenvalue weighted by Gasteiger charge is -2.03. The Labute approximate surface area is 92.1 Å². The van der Waals surface area contributed by atoms with Crippen LogP contribution in [-0.2, 0) is 11.8 Å². The van der Waals surface area contributed by atoms with E-state index in [9.17, 15) is 9.90 Å². The molecule has 1 N–H and O–H groups in total. The van der Waals surface area contributed by atoms with Gasteiger partial charge in [0, 0.05) is 7.05 Å². The molecule has 0 aliphatic heterocycles. The largest absolute Gasteiger partial charge is 0.385 e. The summed E-state index contributed by atoms with van der Waals surface area (Å²) >= 11 is 0. The van der Waals surface area contributed by atoms with Crippen LogP contribution < -0.4 is 0 Å². The highest BCUT2D eigenvalue weighted by atomic mass is 16.3. The number of hydrogen-bond acceptors (Lipinski definition) is 4. The SMILES string of the molecule is CC(O)c1nc2cc(N=C=O)ccc2n1C. The second kappa shape index (κ2) is 3.89. The van der Waals surface area contributed by atoms with Crippen molar-refractivity contribution in [2.45, 2.75) is 13.0 Å². The number of aliphatic hydroxyl groups excluding tert-OH is 1. The van der Waals surface area contributed by atoms with Gasteiger partial charge < -0.3 is 9.67 Å². The van der Waals surface area contributed by atoms with E-state index in [0.29, 0.717) is 17.0 Å². The number of nitrogens with zero attached hydrogens (tertiary/aromatic N) is 3. The van der Waals surface area contributed by atoms with E-state index in [0.717, 1.165) is 5.52 Å². The van der Waals surface area contributed by atoms with Crippen LogP contribution in [0, 0.1) is 0 Å². The van der Waals surface area contributed by atoms with Gasteiger partial charge in [-0.15, -0.1) is 0 Å². The quantitative estimate of drug-likeness (QED) is 0.613. The van der Waals surface area contributed by atoms with Crippen LogP contribution in [-0.4, -0.2) is 20.7 Å². The predicted octanol–water partition coefficient (Wildman–Crippen LogP) is 1.59. The Morgan fingerprint density at radius 2 is 2.31 bits per heavy atom. The van der Waals surface area contributed by atoms with Crippen LogP contribution in [0.15, 0.2) is 23.2 Å². The minimum Gasteiger partial charge on any atom is -0.385 e. The van der Waals surface area contributed by atoms with Crippen LogP contribution in [0.3, 0.4) is 0 Å². The van der Waals surface area contributed by atoms with Crippen molar-refractivity contribution >= 4 is 22.8 Å². The molecular weight excluding hydrogens is 206 g/mol. The van der Waals surface area contributed by atoms with Gasteiger partial charge in [0.2, 0.25) is 6.08 Å². The summed E-state index contributed by atoms with van der Waals surface area (Å²) in [4.78, 5) is 17.9. The minimum absolute atomic E-state index is 0.512. The van der Waals surface area contributed by atoms with Gasteiger partial charge in [-0.3, -0.25) is 0 Å². The number of isocyanates is 1. The maximum absolute atomic E-state index is 10.1. The topological polar surface area (TPSA) is 67.5 Å². The molecule has 0 saturated carbocycles. The average molecular weight is 217 g/mol. The summed E-state index contributed by atoms with van der Waals surface area (Å²) in [5.41, 5.74) is 2.10. The van der Waals surface area contributed by atoms with Gasteiger partial charge in [0.05, 0.1) is 16.7 Å². The zero-order valence-electron chi connectivity index (χ0n) is 9.01. The molecule has 0 aliphatic rings. The van der Waals surface area contributed by atoms with E-state index in [2.05, 4.69) is 9.98 Å². The number of hydrogen-bond donors (Lipinski definition) is 1. The van der Waals surface area contributed by atoms with Gasteiger partial charge in [0.25, 0.3) is 0 Å². The number of aliphatic hydroxyl groups is 1. The molecule has 2 rings (SSSR count). The number of aliphatic imine (C=N–C) groups is 1. The van der Waals surface area contributed by atoms with E-state index >= 15 is 0 Å². The Hall–Kier alpha value is -1.97. The molecule has 0 spiro atoms. The number of carbonyl (C=O) groups excluding carboxylic acids is 1. The first-order valence-corrected chi connectivity index (χ1v) is 4.86. The highest BCUT2D eigenvalue weighted by Gasteiger charge is 2.11. The van der Waals surface area contributed by atoms with Crippen LogP contribution in [0.4, 0.5) is 5.69 Å². The number of benzene rings is 1. The molecule has 5 nitrogen and oxygen atoms in total. The van der Waals surface area contributed by atoms with Crippen LogP contribution in [0.5, 0.6) is 0 Å². The molecule has 1 heterocycles. The molecule has 16 heavy (non-hydrogen) atoms. The predicted molar refractivity (Wildman–Crippen MR) is 59.1 cm³/mol. The maximum Gasteiger partial charge on any atom is 0.240 e. The highest BCUT2D eigenvalue weighted by Crippen LogP contribution is 2.23. The zero-order chi connectivity index (χ0) is 11.7. The molecule has 0 radical (unpaired) electrons. The molecular formula is C11H11N3O2. The second-order valence-corrected chi connectivity index (χ2v) is 3.58. The Morgan fingerprint density at radius 1 is 1.56 bits per heavy atom. The van der Waals surface area contributed by atoms with Crippen molar-refractivity contribution in [1.82, 2.24) is 9.55 Å². The van der Waals surface area contributed by atoms with Crippen molar-refractivity contribution in [1.29, 1.82) is 0 Å². The third-order valence-corrected chi connectivity index (χ3v) is 2.45. The van der Waals surface area contributed by atoms with E-state index < -0.39 is 6.10 Å². The molecule has 5 heteroatoms. The van der Waals surface area contributed by atoms with Gasteiger partial charge in [-0.1, -0.05) is 0 Å². The van der Waals surface area contributed by atoms with Gasteiger partial charge >= 0.3 is 0 Å². The second-order valence-electron chi connectivity index (χ2n) is 3.58. The maximum atomic E-state index is 10.1. The molecule has 2 aromatic rings. The van der Waals surface area contributed by atoms with Gasteiger partial charge in [0.15, 0.2) is 0 Å². The molecule has 0 amide bonds. The Balaban J connectivity index is 2.67. The van der Waals surface area contributed by atoms with E-state index in [1.807, 2.05) is 17.7 Å². The monoisotopic (exact) mass is 217 g/mol. The smallest absolute Gasteiger partial charge is 0.240 e. The summed E-state index contributed by atoms with van der Waals surface area (Å²) in [6.07, 6.45) is 0.855. The van der Waals surface area contributed by atoms with Gasteiger partial charge in [-0.05, 0) is 25.1 Å². The third-order valence-electron chi connectivity index (χ3n) is 2.45. The summed E-state index contributed by atoms with van der Waals surface area (Å²) in [5, 5.41) is 9.51. The fourth-order valence-electron chi connectivity index (χ4n) is 1.70. The first-order valence-electron chi connectivity index (χ1n) is 4.86. The number of aromatic nitrogens is 2. The molecule has 0 fully saturated rings. The highest BCUT2D eigenvalue weighted by molar-refractivity contribution is 5.80. The molecule has 1 aromatic carbocycles. The van der Waals surface area contributed by atoms with Crippen LogP contribution >= 0.6 is 0 Å². The molecule has 82 valence electrons. The fraction of sp³-hybridized carbons (Fsp3) is 0.273. The summed E-state index contributed by atoms with van der Waals surface area (Å²) in [5.74, 6) is 0.585. The van der Waals surface area contributed by atoms with Gasteiger partial charge in [-0.2, -0.15) is 4.99 Å². The lowest BCUT2D eigenvalue weighted by molar-refractivity contribution is 0.186. The van der Waals surface area contributed by atoms with Crippen molar-refractivity contribution < 1.29 is 9.90 Å². The molecule has 0 aliphatic carbocycles. The Morgan fingerprint density at radius 3 is 2.94 bits per heavy atom.